The Morgan fingerprint density at radius 2 is 2.21 bits per heavy atom. The topological polar surface area (TPSA) is 56.7 Å². The molecule has 2 aromatic rings. The number of hydrogen-bond donors (Lipinski definition) is 1. The Morgan fingerprint density at radius 1 is 1.36 bits per heavy atom. The van der Waals surface area contributed by atoms with E-state index in [1.54, 1.807) is 12.4 Å². The third-order valence-corrected chi connectivity index (χ3v) is 2.11. The van der Waals surface area contributed by atoms with E-state index >= 15 is 0 Å². The summed E-state index contributed by atoms with van der Waals surface area (Å²) in [5.41, 5.74) is 6.68. The Kier molecular flexibility index (Phi) is 2.28. The number of nitrogens with two attached hydrogens (primary N) is 1. The van der Waals surface area contributed by atoms with Crippen molar-refractivity contribution in [2.45, 2.75) is 13.5 Å². The van der Waals surface area contributed by atoms with Crippen molar-refractivity contribution in [2.75, 3.05) is 0 Å². The molecule has 0 aliphatic heterocycles. The van der Waals surface area contributed by atoms with Gasteiger partial charge < -0.3 is 5.73 Å². The second-order valence-electron chi connectivity index (χ2n) is 3.06. The van der Waals surface area contributed by atoms with Crippen molar-refractivity contribution in [1.29, 1.82) is 0 Å². The van der Waals surface area contributed by atoms with Crippen molar-refractivity contribution in [3.63, 3.8) is 0 Å². The van der Waals surface area contributed by atoms with Crippen LogP contribution in [0.4, 0.5) is 0 Å². The number of nitrogens with zero attached hydrogens (tertiary/aromatic N) is 3. The average molecular weight is 188 g/mol. The van der Waals surface area contributed by atoms with Crippen molar-refractivity contribution in [3.8, 4) is 5.82 Å². The van der Waals surface area contributed by atoms with Gasteiger partial charge >= 0.3 is 0 Å². The molecule has 0 radical (unpaired) electrons. The highest BCUT2D eigenvalue weighted by molar-refractivity contribution is 5.33. The fourth-order valence-electron chi connectivity index (χ4n) is 1.41. The largest absolute Gasteiger partial charge is 0.324 e. The van der Waals surface area contributed by atoms with E-state index in [0.29, 0.717) is 6.54 Å². The number of aromatic nitrogens is 3. The van der Waals surface area contributed by atoms with Gasteiger partial charge in [0.1, 0.15) is 11.6 Å². The fraction of sp³-hybridized carbons (Fsp3) is 0.200. The van der Waals surface area contributed by atoms with Gasteiger partial charge in [-0.2, -0.15) is 0 Å². The van der Waals surface area contributed by atoms with Crippen LogP contribution in [0.5, 0.6) is 0 Å². The van der Waals surface area contributed by atoms with Gasteiger partial charge in [0.05, 0.1) is 6.54 Å². The molecule has 72 valence electrons. The normalized spacial score (nSPS) is 10.4. The highest BCUT2D eigenvalue weighted by Gasteiger charge is 2.05. The fourth-order valence-corrected chi connectivity index (χ4v) is 1.41. The lowest BCUT2D eigenvalue weighted by Gasteiger charge is -2.07. The first kappa shape index (κ1) is 8.90. The quantitative estimate of drug-likeness (QED) is 0.766. The van der Waals surface area contributed by atoms with Gasteiger partial charge in [-0.1, -0.05) is 6.07 Å². The molecule has 4 heteroatoms. The predicted molar refractivity (Wildman–Crippen MR) is 54.0 cm³/mol. The van der Waals surface area contributed by atoms with Crippen LogP contribution in [0.15, 0.2) is 30.7 Å². The van der Waals surface area contributed by atoms with Gasteiger partial charge in [0.2, 0.25) is 0 Å². The van der Waals surface area contributed by atoms with Gasteiger partial charge in [0.15, 0.2) is 0 Å². The Morgan fingerprint density at radius 3 is 2.93 bits per heavy atom. The molecule has 0 saturated carbocycles. The molecule has 0 unspecified atom stereocenters. The minimum absolute atomic E-state index is 0.420. The van der Waals surface area contributed by atoms with Crippen molar-refractivity contribution >= 4 is 0 Å². The zero-order chi connectivity index (χ0) is 9.97. The summed E-state index contributed by atoms with van der Waals surface area (Å²) in [6.45, 7) is 2.44. The molecule has 0 saturated heterocycles. The lowest BCUT2D eigenvalue weighted by atomic mass is 10.3. The molecule has 0 amide bonds. The summed E-state index contributed by atoms with van der Waals surface area (Å²) < 4.78 is 1.91. The highest BCUT2D eigenvalue weighted by Crippen LogP contribution is 2.11. The van der Waals surface area contributed by atoms with E-state index in [9.17, 15) is 0 Å². The van der Waals surface area contributed by atoms with E-state index in [4.69, 9.17) is 5.73 Å². The van der Waals surface area contributed by atoms with Gasteiger partial charge in [-0.25, -0.2) is 9.97 Å². The predicted octanol–water partition coefficient (Wildman–Crippen LogP) is 1.03. The number of pyridine rings is 1. The van der Waals surface area contributed by atoms with Gasteiger partial charge in [-0.3, -0.25) is 4.57 Å². The molecule has 0 aliphatic carbocycles. The Balaban J connectivity index is 2.54. The van der Waals surface area contributed by atoms with Gasteiger partial charge in [0, 0.05) is 18.6 Å². The van der Waals surface area contributed by atoms with Crippen LogP contribution in [0.3, 0.4) is 0 Å². The SMILES string of the molecule is Cc1cccnc1-n1ccnc1CN. The smallest absolute Gasteiger partial charge is 0.140 e. The molecular formula is C10H12N4. The molecule has 0 aliphatic rings. The van der Waals surface area contributed by atoms with E-state index in [1.807, 2.05) is 29.8 Å². The zero-order valence-electron chi connectivity index (χ0n) is 8.01. The lowest BCUT2D eigenvalue weighted by Crippen LogP contribution is -2.08. The first-order valence-electron chi connectivity index (χ1n) is 4.47. The molecular weight excluding hydrogens is 176 g/mol. The van der Waals surface area contributed by atoms with E-state index < -0.39 is 0 Å². The zero-order valence-corrected chi connectivity index (χ0v) is 8.01. The van der Waals surface area contributed by atoms with Crippen LogP contribution in [-0.4, -0.2) is 14.5 Å². The summed E-state index contributed by atoms with van der Waals surface area (Å²) in [5, 5.41) is 0. The molecule has 0 atom stereocenters. The van der Waals surface area contributed by atoms with Crippen molar-refractivity contribution in [2.24, 2.45) is 5.73 Å². The summed E-state index contributed by atoms with van der Waals surface area (Å²) in [6, 6.07) is 3.93. The average Bonchev–Trinajstić information content (AvgIpc) is 2.66. The van der Waals surface area contributed by atoms with Crippen LogP contribution in [0.1, 0.15) is 11.4 Å². The monoisotopic (exact) mass is 188 g/mol. The maximum Gasteiger partial charge on any atom is 0.140 e. The minimum Gasteiger partial charge on any atom is -0.324 e. The van der Waals surface area contributed by atoms with E-state index in [1.165, 1.54) is 0 Å². The Hall–Kier alpha value is -1.68. The van der Waals surface area contributed by atoms with Crippen LogP contribution in [0.2, 0.25) is 0 Å². The third-order valence-electron chi connectivity index (χ3n) is 2.11. The number of aryl methyl sites for hydroxylation is 1. The molecule has 14 heavy (non-hydrogen) atoms. The lowest BCUT2D eigenvalue weighted by molar-refractivity contribution is 0.842. The summed E-state index contributed by atoms with van der Waals surface area (Å²) in [6.07, 6.45) is 5.37. The minimum atomic E-state index is 0.420. The van der Waals surface area contributed by atoms with Gasteiger partial charge in [-0.05, 0) is 18.6 Å². The molecule has 0 spiro atoms. The second kappa shape index (κ2) is 3.59. The molecule has 0 aromatic carbocycles. The maximum atomic E-state index is 5.57. The molecule has 0 bridgehead atoms. The first-order valence-corrected chi connectivity index (χ1v) is 4.47. The van der Waals surface area contributed by atoms with Gasteiger partial charge in [0.25, 0.3) is 0 Å². The summed E-state index contributed by atoms with van der Waals surface area (Å²) in [5.74, 6) is 1.72. The van der Waals surface area contributed by atoms with Crippen molar-refractivity contribution in [1.82, 2.24) is 14.5 Å². The van der Waals surface area contributed by atoms with E-state index in [2.05, 4.69) is 9.97 Å². The Labute approximate surface area is 82.4 Å². The van der Waals surface area contributed by atoms with Crippen molar-refractivity contribution < 1.29 is 0 Å². The molecule has 2 rings (SSSR count). The third kappa shape index (κ3) is 1.40. The van der Waals surface area contributed by atoms with Crippen LogP contribution < -0.4 is 5.73 Å². The van der Waals surface area contributed by atoms with Crippen LogP contribution >= 0.6 is 0 Å². The van der Waals surface area contributed by atoms with Crippen molar-refractivity contribution in [3.05, 3.63) is 42.1 Å². The van der Waals surface area contributed by atoms with Gasteiger partial charge in [-0.15, -0.1) is 0 Å². The first-order chi connectivity index (χ1) is 6.83. The van der Waals surface area contributed by atoms with Crippen LogP contribution in [0, 0.1) is 6.92 Å². The number of rotatable bonds is 2. The molecule has 2 heterocycles. The summed E-state index contributed by atoms with van der Waals surface area (Å²) >= 11 is 0. The van der Waals surface area contributed by atoms with Crippen LogP contribution in [0.25, 0.3) is 5.82 Å². The highest BCUT2D eigenvalue weighted by atomic mass is 15.1. The molecule has 4 nitrogen and oxygen atoms in total. The second-order valence-corrected chi connectivity index (χ2v) is 3.06. The standard InChI is InChI=1S/C10H12N4/c1-8-3-2-4-13-10(8)14-6-5-12-9(14)7-11/h2-6H,7,11H2,1H3. The Bertz CT molecular complexity index is 433. The molecule has 2 N–H and O–H groups in total. The summed E-state index contributed by atoms with van der Waals surface area (Å²) in [4.78, 5) is 8.45. The maximum absolute atomic E-state index is 5.57. The van der Waals surface area contributed by atoms with Crippen LogP contribution in [-0.2, 0) is 6.54 Å². The van der Waals surface area contributed by atoms with E-state index in [0.717, 1.165) is 17.2 Å². The number of imidazole rings is 1. The molecule has 0 fully saturated rings. The van der Waals surface area contributed by atoms with E-state index in [-0.39, 0.29) is 0 Å². The molecule has 2 aromatic heterocycles. The summed E-state index contributed by atoms with van der Waals surface area (Å²) in [7, 11) is 0. The number of hydrogen-bond acceptors (Lipinski definition) is 3.